The zero-order valence-electron chi connectivity index (χ0n) is 19.5. The van der Waals surface area contributed by atoms with E-state index in [2.05, 4.69) is 0 Å². The zero-order valence-corrected chi connectivity index (χ0v) is 19.5. The van der Waals surface area contributed by atoms with Crippen molar-refractivity contribution in [2.24, 2.45) is 11.8 Å². The molecule has 0 radical (unpaired) electrons. The summed E-state index contributed by atoms with van der Waals surface area (Å²) in [6.45, 7) is 0. The fourth-order valence-electron chi connectivity index (χ4n) is 5.96. The molecule has 0 N–H and O–H groups in total. The predicted molar refractivity (Wildman–Crippen MR) is 125 cm³/mol. The number of methoxy groups -OCH3 is 5. The second-order valence-electron chi connectivity index (χ2n) is 8.83. The Morgan fingerprint density at radius 2 is 1.31 bits per heavy atom. The molecule has 1 fully saturated rings. The number of hydrogen-bond acceptors (Lipinski definition) is 6. The molecule has 5 rings (SSSR count). The Kier molecular flexibility index (Phi) is 5.39. The van der Waals surface area contributed by atoms with E-state index in [0.717, 1.165) is 40.3 Å². The van der Waals surface area contributed by atoms with E-state index < -0.39 is 0 Å². The third-order valence-corrected chi connectivity index (χ3v) is 7.44. The van der Waals surface area contributed by atoms with Gasteiger partial charge in [-0.15, -0.1) is 0 Å². The minimum Gasteiger partial charge on any atom is -0.493 e. The van der Waals surface area contributed by atoms with Gasteiger partial charge in [-0.1, -0.05) is 12.8 Å². The van der Waals surface area contributed by atoms with Gasteiger partial charge in [0.2, 0.25) is 5.75 Å². The van der Waals surface area contributed by atoms with Crippen molar-refractivity contribution in [1.82, 2.24) is 4.98 Å². The topological polar surface area (TPSA) is 59.0 Å². The van der Waals surface area contributed by atoms with Crippen molar-refractivity contribution in [3.63, 3.8) is 0 Å². The highest BCUT2D eigenvalue weighted by Crippen LogP contribution is 2.52. The van der Waals surface area contributed by atoms with Gasteiger partial charge in [-0.2, -0.15) is 0 Å². The summed E-state index contributed by atoms with van der Waals surface area (Å²) in [6.07, 6.45) is 7.29. The maximum Gasteiger partial charge on any atom is 0.257 e. The van der Waals surface area contributed by atoms with Crippen LogP contribution in [0.15, 0.2) is 12.1 Å². The Morgan fingerprint density at radius 1 is 0.688 bits per heavy atom. The summed E-state index contributed by atoms with van der Waals surface area (Å²) in [7, 11) is 8.29. The first-order valence-electron chi connectivity index (χ1n) is 11.3. The molecule has 2 aliphatic rings. The molecule has 1 heterocycles. The summed E-state index contributed by atoms with van der Waals surface area (Å²) in [5, 5.41) is 3.16. The average molecular weight is 438 g/mol. The fraction of sp³-hybridized carbons (Fsp3) is 0.500. The lowest BCUT2D eigenvalue weighted by Crippen LogP contribution is -2.29. The Bertz CT molecular complexity index is 1190. The molecular weight excluding hydrogens is 406 g/mol. The minimum absolute atomic E-state index is 0.514. The molecule has 170 valence electrons. The standard InChI is InChI=1S/C26H31NO5/c1-28-20-12-17-19-13-21(29-2)26(32-5)27-23(19)18-11-15-9-7-6-8-14(15)10-16(18)22(17)25(31-4)24(20)30-3/h12-15H,6-11H2,1-5H3. The number of fused-ring (bicyclic) bond motifs is 7. The predicted octanol–water partition coefficient (Wildman–Crippen LogP) is 5.34. The minimum atomic E-state index is 0.514. The van der Waals surface area contributed by atoms with Gasteiger partial charge in [0.25, 0.3) is 5.88 Å². The van der Waals surface area contributed by atoms with Gasteiger partial charge in [0, 0.05) is 10.8 Å². The number of benzene rings is 2. The van der Waals surface area contributed by atoms with Crippen LogP contribution in [0.3, 0.4) is 0 Å². The van der Waals surface area contributed by atoms with Crippen molar-refractivity contribution in [3.05, 3.63) is 23.3 Å². The van der Waals surface area contributed by atoms with Gasteiger partial charge in [-0.05, 0) is 66.2 Å². The molecule has 3 aromatic rings. The highest BCUT2D eigenvalue weighted by Gasteiger charge is 2.35. The van der Waals surface area contributed by atoms with Gasteiger partial charge in [-0.3, -0.25) is 0 Å². The molecule has 0 bridgehead atoms. The summed E-state index contributed by atoms with van der Waals surface area (Å²) in [4.78, 5) is 4.96. The average Bonchev–Trinajstić information content (AvgIpc) is 2.85. The zero-order chi connectivity index (χ0) is 22.4. The summed E-state index contributed by atoms with van der Waals surface area (Å²) in [6, 6.07) is 4.07. The van der Waals surface area contributed by atoms with E-state index in [1.165, 1.54) is 36.8 Å². The number of pyridine rings is 1. The smallest absolute Gasteiger partial charge is 0.257 e. The molecule has 32 heavy (non-hydrogen) atoms. The largest absolute Gasteiger partial charge is 0.493 e. The Labute approximate surface area is 188 Å². The van der Waals surface area contributed by atoms with Gasteiger partial charge in [0.1, 0.15) is 0 Å². The fourth-order valence-corrected chi connectivity index (χ4v) is 5.96. The second kappa shape index (κ2) is 8.23. The van der Waals surface area contributed by atoms with Crippen molar-refractivity contribution in [1.29, 1.82) is 0 Å². The third kappa shape index (κ3) is 3.03. The Morgan fingerprint density at radius 3 is 1.91 bits per heavy atom. The van der Waals surface area contributed by atoms with Crippen LogP contribution in [0.4, 0.5) is 0 Å². The quantitative estimate of drug-likeness (QED) is 0.503. The molecule has 2 aliphatic carbocycles. The van der Waals surface area contributed by atoms with Gasteiger partial charge in [0.05, 0.1) is 41.1 Å². The van der Waals surface area contributed by atoms with Crippen LogP contribution in [0.25, 0.3) is 21.7 Å². The number of hydrogen-bond donors (Lipinski definition) is 0. The lowest BCUT2D eigenvalue weighted by atomic mass is 9.67. The van der Waals surface area contributed by atoms with Crippen LogP contribution in [0.2, 0.25) is 0 Å². The molecule has 1 aromatic heterocycles. The molecule has 2 unspecified atom stereocenters. The molecule has 1 saturated carbocycles. The van der Waals surface area contributed by atoms with E-state index >= 15 is 0 Å². The molecule has 0 saturated heterocycles. The van der Waals surface area contributed by atoms with Crippen molar-refractivity contribution < 1.29 is 23.7 Å². The van der Waals surface area contributed by atoms with Gasteiger partial charge < -0.3 is 23.7 Å². The van der Waals surface area contributed by atoms with Crippen LogP contribution >= 0.6 is 0 Å². The molecule has 0 aliphatic heterocycles. The first-order chi connectivity index (χ1) is 15.6. The Hall–Kier alpha value is -2.89. The van der Waals surface area contributed by atoms with Crippen molar-refractivity contribution in [2.75, 3.05) is 35.5 Å². The van der Waals surface area contributed by atoms with Crippen LogP contribution in [0.1, 0.15) is 36.8 Å². The SMILES string of the molecule is COc1cc2c(nc1OC)c1c(c3c(OC)c(OC)c(OC)cc32)CC2CCCCC2C1. The molecule has 0 amide bonds. The monoisotopic (exact) mass is 437 g/mol. The lowest BCUT2D eigenvalue weighted by Gasteiger charge is -2.38. The van der Waals surface area contributed by atoms with Crippen molar-refractivity contribution >= 4 is 21.7 Å². The number of rotatable bonds is 5. The molecule has 6 nitrogen and oxygen atoms in total. The van der Waals surface area contributed by atoms with Gasteiger partial charge >= 0.3 is 0 Å². The normalized spacial score (nSPS) is 19.9. The van der Waals surface area contributed by atoms with E-state index in [1.807, 2.05) is 12.1 Å². The van der Waals surface area contributed by atoms with Gasteiger partial charge in [0.15, 0.2) is 17.2 Å². The van der Waals surface area contributed by atoms with E-state index in [1.54, 1.807) is 35.5 Å². The Balaban J connectivity index is 1.94. The second-order valence-corrected chi connectivity index (χ2v) is 8.83. The third-order valence-electron chi connectivity index (χ3n) is 7.44. The number of nitrogens with zero attached hydrogens (tertiary/aromatic N) is 1. The first-order valence-corrected chi connectivity index (χ1v) is 11.3. The first kappa shape index (κ1) is 21.0. The van der Waals surface area contributed by atoms with Crippen LogP contribution in [-0.2, 0) is 12.8 Å². The van der Waals surface area contributed by atoms with E-state index in [9.17, 15) is 0 Å². The van der Waals surface area contributed by atoms with Crippen LogP contribution in [0, 0.1) is 11.8 Å². The van der Waals surface area contributed by atoms with Crippen LogP contribution < -0.4 is 23.7 Å². The van der Waals surface area contributed by atoms with E-state index in [-0.39, 0.29) is 0 Å². The van der Waals surface area contributed by atoms with Crippen LogP contribution in [0.5, 0.6) is 28.9 Å². The summed E-state index contributed by atoms with van der Waals surface area (Å²) in [5.41, 5.74) is 3.62. The summed E-state index contributed by atoms with van der Waals surface area (Å²) < 4.78 is 28.6. The number of aromatic nitrogens is 1. The molecule has 2 aromatic carbocycles. The lowest BCUT2D eigenvalue weighted by molar-refractivity contribution is 0.222. The maximum atomic E-state index is 5.96. The highest BCUT2D eigenvalue weighted by molar-refractivity contribution is 6.13. The van der Waals surface area contributed by atoms with E-state index in [0.29, 0.717) is 35.0 Å². The maximum absolute atomic E-state index is 5.96. The van der Waals surface area contributed by atoms with Gasteiger partial charge in [-0.25, -0.2) is 4.98 Å². The summed E-state index contributed by atoms with van der Waals surface area (Å²) in [5.74, 6) is 4.53. The van der Waals surface area contributed by atoms with Crippen molar-refractivity contribution in [3.8, 4) is 28.9 Å². The molecular formula is C26H31NO5. The van der Waals surface area contributed by atoms with Crippen LogP contribution in [-0.4, -0.2) is 40.5 Å². The summed E-state index contributed by atoms with van der Waals surface area (Å²) >= 11 is 0. The molecule has 0 spiro atoms. The molecule has 6 heteroatoms. The van der Waals surface area contributed by atoms with Crippen molar-refractivity contribution in [2.45, 2.75) is 38.5 Å². The molecule has 2 atom stereocenters. The highest BCUT2D eigenvalue weighted by atomic mass is 16.5. The number of ether oxygens (including phenoxy) is 5. The van der Waals surface area contributed by atoms with E-state index in [4.69, 9.17) is 28.7 Å².